The third kappa shape index (κ3) is 3.46. The molecule has 0 aliphatic carbocycles. The first-order valence-electron chi connectivity index (χ1n) is 5.44. The molecule has 0 saturated heterocycles. The van der Waals surface area contributed by atoms with Gasteiger partial charge < -0.3 is 15.6 Å². The van der Waals surface area contributed by atoms with E-state index in [0.29, 0.717) is 0 Å². The van der Waals surface area contributed by atoms with E-state index < -0.39 is 29.9 Å². The van der Waals surface area contributed by atoms with Gasteiger partial charge in [0, 0.05) is 6.54 Å². The van der Waals surface area contributed by atoms with E-state index >= 15 is 0 Å². The van der Waals surface area contributed by atoms with Crippen LogP contribution in [-0.4, -0.2) is 23.9 Å². The minimum Gasteiger partial charge on any atom is -0.391 e. The lowest BCUT2D eigenvalue weighted by Crippen LogP contribution is -2.29. The molecule has 0 heterocycles. The SMILES string of the molecule is CC(O)C(C)OC(CN)c1c(F)cccc1F. The van der Waals surface area contributed by atoms with Crippen LogP contribution in [0.4, 0.5) is 8.78 Å². The average Bonchev–Trinajstić information content (AvgIpc) is 2.26. The number of hydrogen-bond acceptors (Lipinski definition) is 3. The van der Waals surface area contributed by atoms with E-state index in [9.17, 15) is 13.9 Å². The zero-order valence-corrected chi connectivity index (χ0v) is 9.86. The van der Waals surface area contributed by atoms with E-state index in [1.54, 1.807) is 6.92 Å². The maximum Gasteiger partial charge on any atom is 0.132 e. The maximum atomic E-state index is 13.5. The third-order valence-electron chi connectivity index (χ3n) is 2.59. The van der Waals surface area contributed by atoms with Gasteiger partial charge >= 0.3 is 0 Å². The van der Waals surface area contributed by atoms with Crippen LogP contribution in [-0.2, 0) is 4.74 Å². The molecule has 96 valence electrons. The van der Waals surface area contributed by atoms with Crippen LogP contribution in [0.5, 0.6) is 0 Å². The van der Waals surface area contributed by atoms with E-state index in [1.807, 2.05) is 0 Å². The van der Waals surface area contributed by atoms with E-state index in [2.05, 4.69) is 0 Å². The maximum absolute atomic E-state index is 13.5. The number of hydrogen-bond donors (Lipinski definition) is 2. The largest absolute Gasteiger partial charge is 0.391 e. The first-order valence-corrected chi connectivity index (χ1v) is 5.44. The summed E-state index contributed by atoms with van der Waals surface area (Å²) in [5.41, 5.74) is 5.26. The number of aliphatic hydroxyl groups excluding tert-OH is 1. The van der Waals surface area contributed by atoms with Crippen molar-refractivity contribution < 1.29 is 18.6 Å². The standard InChI is InChI=1S/C12H17F2NO2/c1-7(16)8(2)17-11(6-15)12-9(13)4-3-5-10(12)14/h3-5,7-8,11,16H,6,15H2,1-2H3. The Bertz CT molecular complexity index is 351. The summed E-state index contributed by atoms with van der Waals surface area (Å²) in [5.74, 6) is -1.39. The van der Waals surface area contributed by atoms with Gasteiger partial charge in [-0.1, -0.05) is 6.07 Å². The molecule has 17 heavy (non-hydrogen) atoms. The van der Waals surface area contributed by atoms with Gasteiger partial charge in [-0.05, 0) is 26.0 Å². The molecule has 3 unspecified atom stereocenters. The molecule has 1 aromatic rings. The summed E-state index contributed by atoms with van der Waals surface area (Å²) in [6.45, 7) is 3.09. The van der Waals surface area contributed by atoms with Crippen LogP contribution in [0.1, 0.15) is 25.5 Å². The molecule has 0 aliphatic rings. The molecule has 5 heteroatoms. The van der Waals surface area contributed by atoms with Crippen molar-refractivity contribution in [3.8, 4) is 0 Å². The Morgan fingerprint density at radius 3 is 2.24 bits per heavy atom. The minimum absolute atomic E-state index is 0.0606. The van der Waals surface area contributed by atoms with Gasteiger partial charge in [-0.25, -0.2) is 8.78 Å². The Morgan fingerprint density at radius 2 is 1.82 bits per heavy atom. The van der Waals surface area contributed by atoms with Gasteiger partial charge in [0.1, 0.15) is 17.7 Å². The number of halogens is 2. The predicted molar refractivity (Wildman–Crippen MR) is 60.4 cm³/mol. The molecule has 0 radical (unpaired) electrons. The summed E-state index contributed by atoms with van der Waals surface area (Å²) in [4.78, 5) is 0. The summed E-state index contributed by atoms with van der Waals surface area (Å²) in [6, 6.07) is 3.58. The second-order valence-electron chi connectivity index (χ2n) is 3.94. The Hall–Kier alpha value is -1.04. The van der Waals surface area contributed by atoms with Crippen molar-refractivity contribution in [1.82, 2.24) is 0 Å². The quantitative estimate of drug-likeness (QED) is 0.831. The first kappa shape index (κ1) is 14.0. The van der Waals surface area contributed by atoms with Crippen LogP contribution in [0, 0.1) is 11.6 Å². The van der Waals surface area contributed by atoms with Crippen LogP contribution in [0.2, 0.25) is 0 Å². The van der Waals surface area contributed by atoms with Crippen LogP contribution >= 0.6 is 0 Å². The topological polar surface area (TPSA) is 55.5 Å². The fraction of sp³-hybridized carbons (Fsp3) is 0.500. The zero-order valence-electron chi connectivity index (χ0n) is 9.86. The van der Waals surface area contributed by atoms with Crippen molar-refractivity contribution in [3.63, 3.8) is 0 Å². The molecule has 0 aliphatic heterocycles. The van der Waals surface area contributed by atoms with Crippen LogP contribution in [0.25, 0.3) is 0 Å². The summed E-state index contributed by atoms with van der Waals surface area (Å²) >= 11 is 0. The number of nitrogens with two attached hydrogens (primary N) is 1. The van der Waals surface area contributed by atoms with Crippen molar-refractivity contribution in [2.75, 3.05) is 6.54 Å². The number of benzene rings is 1. The molecular weight excluding hydrogens is 228 g/mol. The highest BCUT2D eigenvalue weighted by Gasteiger charge is 2.23. The summed E-state index contributed by atoms with van der Waals surface area (Å²) in [7, 11) is 0. The highest BCUT2D eigenvalue weighted by molar-refractivity contribution is 5.22. The number of aliphatic hydroxyl groups is 1. The van der Waals surface area contributed by atoms with Gasteiger partial charge in [0.25, 0.3) is 0 Å². The van der Waals surface area contributed by atoms with Crippen molar-refractivity contribution >= 4 is 0 Å². The van der Waals surface area contributed by atoms with Gasteiger partial charge in [0.05, 0.1) is 17.8 Å². The molecule has 0 spiro atoms. The van der Waals surface area contributed by atoms with Crippen LogP contribution in [0.3, 0.4) is 0 Å². The van der Waals surface area contributed by atoms with Crippen molar-refractivity contribution in [1.29, 1.82) is 0 Å². The minimum atomic E-state index is -0.902. The Morgan fingerprint density at radius 1 is 1.29 bits per heavy atom. The lowest BCUT2D eigenvalue weighted by atomic mass is 10.1. The van der Waals surface area contributed by atoms with E-state index in [0.717, 1.165) is 12.1 Å². The number of rotatable bonds is 5. The fourth-order valence-electron chi connectivity index (χ4n) is 1.43. The van der Waals surface area contributed by atoms with E-state index in [-0.39, 0.29) is 12.1 Å². The molecule has 0 fully saturated rings. The van der Waals surface area contributed by atoms with Gasteiger partial charge in [-0.2, -0.15) is 0 Å². The second-order valence-corrected chi connectivity index (χ2v) is 3.94. The summed E-state index contributed by atoms with van der Waals surface area (Å²) in [6.07, 6.45) is -2.19. The predicted octanol–water partition coefficient (Wildman–Crippen LogP) is 1.75. The monoisotopic (exact) mass is 245 g/mol. The Kier molecular flexibility index (Phi) is 4.99. The van der Waals surface area contributed by atoms with Gasteiger partial charge in [-0.15, -0.1) is 0 Å². The summed E-state index contributed by atoms with van der Waals surface area (Å²) in [5, 5.41) is 9.30. The van der Waals surface area contributed by atoms with Crippen LogP contribution < -0.4 is 5.73 Å². The lowest BCUT2D eigenvalue weighted by Gasteiger charge is -2.24. The van der Waals surface area contributed by atoms with Gasteiger partial charge in [-0.3, -0.25) is 0 Å². The highest BCUT2D eigenvalue weighted by atomic mass is 19.1. The van der Waals surface area contributed by atoms with E-state index in [1.165, 1.54) is 13.0 Å². The lowest BCUT2D eigenvalue weighted by molar-refractivity contribution is -0.0613. The molecule has 3 N–H and O–H groups in total. The first-order chi connectivity index (χ1) is 7.97. The number of ether oxygens (including phenoxy) is 1. The van der Waals surface area contributed by atoms with E-state index in [4.69, 9.17) is 10.5 Å². The Balaban J connectivity index is 2.94. The van der Waals surface area contributed by atoms with Gasteiger partial charge in [0.15, 0.2) is 0 Å². The van der Waals surface area contributed by atoms with Gasteiger partial charge in [0.2, 0.25) is 0 Å². The Labute approximate surface area is 99.2 Å². The molecule has 0 bridgehead atoms. The zero-order chi connectivity index (χ0) is 13.0. The molecule has 3 atom stereocenters. The van der Waals surface area contributed by atoms with Crippen LogP contribution in [0.15, 0.2) is 18.2 Å². The normalized spacial score (nSPS) is 16.6. The second kappa shape index (κ2) is 6.05. The smallest absolute Gasteiger partial charge is 0.132 e. The highest BCUT2D eigenvalue weighted by Crippen LogP contribution is 2.24. The molecule has 0 aromatic heterocycles. The van der Waals surface area contributed by atoms with Crippen molar-refractivity contribution in [3.05, 3.63) is 35.4 Å². The van der Waals surface area contributed by atoms with Crippen molar-refractivity contribution in [2.24, 2.45) is 5.73 Å². The molecule has 1 aromatic carbocycles. The third-order valence-corrected chi connectivity index (χ3v) is 2.59. The molecule has 0 amide bonds. The fourth-order valence-corrected chi connectivity index (χ4v) is 1.43. The summed E-state index contributed by atoms with van der Waals surface area (Å²) < 4.78 is 32.4. The van der Waals surface area contributed by atoms with Crippen molar-refractivity contribution in [2.45, 2.75) is 32.2 Å². The molecule has 0 saturated carbocycles. The molecule has 1 rings (SSSR count). The average molecular weight is 245 g/mol. The molecular formula is C12H17F2NO2. The molecule has 3 nitrogen and oxygen atoms in total.